The van der Waals surface area contributed by atoms with Gasteiger partial charge in [-0.15, -0.1) is 0 Å². The summed E-state index contributed by atoms with van der Waals surface area (Å²) in [6, 6.07) is 9.17. The normalized spacial score (nSPS) is 11.2. The second kappa shape index (κ2) is 5.41. The number of hydrogen-bond donors (Lipinski definition) is 1. The first-order chi connectivity index (χ1) is 9.41. The summed E-state index contributed by atoms with van der Waals surface area (Å²) >= 11 is 0. The van der Waals surface area contributed by atoms with Crippen molar-refractivity contribution in [3.63, 3.8) is 0 Å². The molecule has 2 aromatic rings. The van der Waals surface area contributed by atoms with Gasteiger partial charge in [-0.3, -0.25) is 4.79 Å². The number of benzene rings is 1. The third kappa shape index (κ3) is 3.02. The van der Waals surface area contributed by atoms with Crippen molar-refractivity contribution in [3.05, 3.63) is 48.3 Å². The first-order valence-corrected chi connectivity index (χ1v) is 6.54. The van der Waals surface area contributed by atoms with Gasteiger partial charge < -0.3 is 14.6 Å². The molecule has 20 heavy (non-hydrogen) atoms. The summed E-state index contributed by atoms with van der Waals surface area (Å²) in [6.07, 6.45) is 3.77. The number of hydrogen-bond acceptors (Lipinski definition) is 2. The fraction of sp³-hybridized carbons (Fsp3) is 0.312. The number of anilines is 1. The van der Waals surface area contributed by atoms with Crippen molar-refractivity contribution >= 4 is 11.6 Å². The van der Waals surface area contributed by atoms with Crippen molar-refractivity contribution < 1.29 is 9.53 Å². The molecule has 0 aliphatic carbocycles. The number of amides is 1. The van der Waals surface area contributed by atoms with E-state index in [1.165, 1.54) is 0 Å². The van der Waals surface area contributed by atoms with Crippen LogP contribution in [0.25, 0.3) is 0 Å². The van der Waals surface area contributed by atoms with E-state index in [0.29, 0.717) is 17.0 Å². The van der Waals surface area contributed by atoms with Crippen LogP contribution in [0.15, 0.2) is 42.7 Å². The lowest BCUT2D eigenvalue weighted by atomic mass is 10.1. The molecular formula is C16H20N2O2. The molecule has 2 rings (SSSR count). The zero-order chi connectivity index (χ0) is 14.8. The Balaban J connectivity index is 2.18. The molecule has 0 aliphatic heterocycles. The van der Waals surface area contributed by atoms with Crippen molar-refractivity contribution in [2.75, 3.05) is 12.4 Å². The molecule has 1 N–H and O–H groups in total. The Morgan fingerprint density at radius 2 is 1.90 bits per heavy atom. The summed E-state index contributed by atoms with van der Waals surface area (Å²) in [5.41, 5.74) is 1.26. The number of nitrogens with one attached hydrogen (secondary N) is 1. The summed E-state index contributed by atoms with van der Waals surface area (Å²) in [7, 11) is 1.58. The van der Waals surface area contributed by atoms with Gasteiger partial charge in [0.1, 0.15) is 5.75 Å². The average Bonchev–Trinajstić information content (AvgIpc) is 2.89. The fourth-order valence-electron chi connectivity index (χ4n) is 1.89. The number of nitrogens with zero attached hydrogens (tertiary/aromatic N) is 1. The molecule has 106 valence electrons. The number of rotatable bonds is 3. The molecule has 1 aromatic carbocycles. The summed E-state index contributed by atoms with van der Waals surface area (Å²) in [6.45, 7) is 6.28. The van der Waals surface area contributed by atoms with E-state index in [-0.39, 0.29) is 11.4 Å². The third-order valence-corrected chi connectivity index (χ3v) is 3.08. The Bertz CT molecular complexity index is 609. The number of carbonyl (C=O) groups excluding carboxylic acids is 1. The minimum atomic E-state index is -0.141. The second-order valence-electron chi connectivity index (χ2n) is 5.63. The van der Waals surface area contributed by atoms with E-state index >= 15 is 0 Å². The number of methoxy groups -OCH3 is 1. The van der Waals surface area contributed by atoms with Crippen LogP contribution in [-0.4, -0.2) is 17.6 Å². The zero-order valence-electron chi connectivity index (χ0n) is 12.3. The first-order valence-electron chi connectivity index (χ1n) is 6.54. The maximum absolute atomic E-state index is 12.2. The Kier molecular flexibility index (Phi) is 3.84. The highest BCUT2D eigenvalue weighted by atomic mass is 16.5. The van der Waals surface area contributed by atoms with E-state index in [1.807, 2.05) is 47.3 Å². The highest BCUT2D eigenvalue weighted by molar-refractivity contribution is 6.04. The van der Waals surface area contributed by atoms with Crippen LogP contribution in [0, 0.1) is 0 Å². The highest BCUT2D eigenvalue weighted by Gasteiger charge is 2.16. The molecule has 0 unspecified atom stereocenters. The lowest BCUT2D eigenvalue weighted by Gasteiger charge is -2.20. The van der Waals surface area contributed by atoms with Crippen LogP contribution in [-0.2, 0) is 5.54 Å². The van der Waals surface area contributed by atoms with E-state index in [4.69, 9.17) is 4.74 Å². The van der Waals surface area contributed by atoms with Crippen molar-refractivity contribution in [1.82, 2.24) is 4.57 Å². The molecule has 1 aromatic heterocycles. The maximum atomic E-state index is 12.2. The van der Waals surface area contributed by atoms with Gasteiger partial charge in [-0.25, -0.2) is 0 Å². The van der Waals surface area contributed by atoms with Crippen LogP contribution < -0.4 is 10.1 Å². The summed E-state index contributed by atoms with van der Waals surface area (Å²) < 4.78 is 7.24. The Morgan fingerprint density at radius 1 is 1.20 bits per heavy atom. The first kappa shape index (κ1) is 14.2. The van der Waals surface area contributed by atoms with Gasteiger partial charge in [-0.2, -0.15) is 0 Å². The Morgan fingerprint density at radius 3 is 2.50 bits per heavy atom. The molecule has 0 atom stereocenters. The van der Waals surface area contributed by atoms with Crippen LogP contribution in [0.3, 0.4) is 0 Å². The smallest absolute Gasteiger partial charge is 0.257 e. The quantitative estimate of drug-likeness (QED) is 0.929. The fourth-order valence-corrected chi connectivity index (χ4v) is 1.89. The lowest BCUT2D eigenvalue weighted by Crippen LogP contribution is -2.20. The standard InChI is InChI=1S/C16H20N2O2/c1-16(2,3)18-10-9-12(11-18)15(19)17-13-7-5-6-8-14(13)20-4/h5-11H,1-4H3,(H,17,19). The summed E-state index contributed by atoms with van der Waals surface area (Å²) in [4.78, 5) is 12.2. The third-order valence-electron chi connectivity index (χ3n) is 3.08. The second-order valence-corrected chi connectivity index (χ2v) is 5.63. The molecular weight excluding hydrogens is 252 g/mol. The van der Waals surface area contributed by atoms with Gasteiger partial charge in [-0.05, 0) is 39.0 Å². The molecule has 4 heteroatoms. The van der Waals surface area contributed by atoms with Gasteiger partial charge in [0.2, 0.25) is 0 Å². The van der Waals surface area contributed by atoms with Crippen molar-refractivity contribution in [2.24, 2.45) is 0 Å². The Hall–Kier alpha value is -2.23. The maximum Gasteiger partial charge on any atom is 0.257 e. The molecule has 4 nitrogen and oxygen atoms in total. The average molecular weight is 272 g/mol. The van der Waals surface area contributed by atoms with Crippen LogP contribution >= 0.6 is 0 Å². The van der Waals surface area contributed by atoms with Gasteiger partial charge in [-0.1, -0.05) is 12.1 Å². The van der Waals surface area contributed by atoms with Gasteiger partial charge >= 0.3 is 0 Å². The molecule has 0 saturated carbocycles. The molecule has 1 heterocycles. The predicted octanol–water partition coefficient (Wildman–Crippen LogP) is 3.50. The Labute approximate surface area is 119 Å². The van der Waals surface area contributed by atoms with E-state index < -0.39 is 0 Å². The van der Waals surface area contributed by atoms with E-state index in [2.05, 4.69) is 26.1 Å². The highest BCUT2D eigenvalue weighted by Crippen LogP contribution is 2.24. The molecule has 0 fully saturated rings. The van der Waals surface area contributed by atoms with Crippen molar-refractivity contribution in [3.8, 4) is 5.75 Å². The van der Waals surface area contributed by atoms with Crippen molar-refractivity contribution in [1.29, 1.82) is 0 Å². The molecule has 1 amide bonds. The van der Waals surface area contributed by atoms with Gasteiger partial charge in [0.15, 0.2) is 0 Å². The molecule has 0 radical (unpaired) electrons. The molecule has 0 spiro atoms. The van der Waals surface area contributed by atoms with Gasteiger partial charge in [0, 0.05) is 17.9 Å². The molecule has 0 bridgehead atoms. The van der Waals surface area contributed by atoms with Crippen LogP contribution in [0.4, 0.5) is 5.69 Å². The summed E-state index contributed by atoms with van der Waals surface area (Å²) in [5.74, 6) is 0.508. The number of carbonyl (C=O) groups is 1. The minimum absolute atomic E-state index is 0.0387. The van der Waals surface area contributed by atoms with Crippen LogP contribution in [0.5, 0.6) is 5.75 Å². The molecule has 0 aliphatic rings. The van der Waals surface area contributed by atoms with Crippen molar-refractivity contribution in [2.45, 2.75) is 26.3 Å². The monoisotopic (exact) mass is 272 g/mol. The van der Waals surface area contributed by atoms with Gasteiger partial charge in [0.05, 0.1) is 18.4 Å². The lowest BCUT2D eigenvalue weighted by molar-refractivity contribution is 0.102. The van der Waals surface area contributed by atoms with E-state index in [9.17, 15) is 4.79 Å². The SMILES string of the molecule is COc1ccccc1NC(=O)c1ccn(C(C)(C)C)c1. The van der Waals surface area contributed by atoms with Gasteiger partial charge in [0.25, 0.3) is 5.91 Å². The largest absolute Gasteiger partial charge is 0.495 e. The number of ether oxygens (including phenoxy) is 1. The summed E-state index contributed by atoms with van der Waals surface area (Å²) in [5, 5.41) is 2.87. The predicted molar refractivity (Wildman–Crippen MR) is 80.4 cm³/mol. The van der Waals surface area contributed by atoms with Crippen LogP contribution in [0.1, 0.15) is 31.1 Å². The minimum Gasteiger partial charge on any atom is -0.495 e. The van der Waals surface area contributed by atoms with Crippen LogP contribution in [0.2, 0.25) is 0 Å². The zero-order valence-corrected chi connectivity index (χ0v) is 12.3. The number of para-hydroxylation sites is 2. The van der Waals surface area contributed by atoms with E-state index in [0.717, 1.165) is 0 Å². The molecule has 0 saturated heterocycles. The topological polar surface area (TPSA) is 43.3 Å². The number of aromatic nitrogens is 1. The van der Waals surface area contributed by atoms with E-state index in [1.54, 1.807) is 7.11 Å².